The first-order chi connectivity index (χ1) is 11.2. The van der Waals surface area contributed by atoms with Crippen molar-refractivity contribution in [2.75, 3.05) is 37.7 Å². The number of fused-ring (bicyclic) bond motifs is 6. The standard InChI is InChI=1S/C19H24N2O2/c1-13(22)21-7-4-14-9-18-16(10-17(14)21)19(12-23-18)5-8-20-6-2-3-15(19)11-20/h9-10,15H,2-8,11-12H2,1H3. The van der Waals surface area contributed by atoms with Gasteiger partial charge in [0, 0.05) is 36.7 Å². The second-order valence-electron chi connectivity index (χ2n) is 7.73. The predicted octanol–water partition coefficient (Wildman–Crippen LogP) is 2.34. The molecule has 4 nitrogen and oxygen atoms in total. The van der Waals surface area contributed by atoms with Gasteiger partial charge in [-0.25, -0.2) is 0 Å². The fourth-order valence-electron chi connectivity index (χ4n) is 5.35. The summed E-state index contributed by atoms with van der Waals surface area (Å²) in [5.41, 5.74) is 3.99. The molecule has 2 fully saturated rings. The van der Waals surface area contributed by atoms with Gasteiger partial charge in [-0.05, 0) is 62.4 Å². The first kappa shape index (κ1) is 13.8. The van der Waals surface area contributed by atoms with E-state index in [2.05, 4.69) is 17.0 Å². The summed E-state index contributed by atoms with van der Waals surface area (Å²) in [6.07, 6.45) is 4.78. The zero-order valence-corrected chi connectivity index (χ0v) is 13.8. The summed E-state index contributed by atoms with van der Waals surface area (Å²) in [5, 5.41) is 0. The zero-order chi connectivity index (χ0) is 15.6. The van der Waals surface area contributed by atoms with Crippen LogP contribution in [-0.4, -0.2) is 43.6 Å². The average molecular weight is 312 g/mol. The van der Waals surface area contributed by atoms with Gasteiger partial charge in [0.05, 0.1) is 6.61 Å². The molecule has 0 aliphatic carbocycles. The lowest BCUT2D eigenvalue weighted by Crippen LogP contribution is -2.53. The van der Waals surface area contributed by atoms with Gasteiger partial charge in [-0.15, -0.1) is 0 Å². The molecule has 1 spiro atoms. The van der Waals surface area contributed by atoms with E-state index in [1.165, 1.54) is 50.0 Å². The molecule has 1 aromatic rings. The van der Waals surface area contributed by atoms with E-state index in [9.17, 15) is 4.79 Å². The predicted molar refractivity (Wildman–Crippen MR) is 89.1 cm³/mol. The van der Waals surface area contributed by atoms with Gasteiger partial charge in [0.2, 0.25) is 5.91 Å². The number of benzene rings is 1. The van der Waals surface area contributed by atoms with Crippen LogP contribution in [0, 0.1) is 5.92 Å². The van der Waals surface area contributed by atoms with Crippen LogP contribution in [0.4, 0.5) is 5.69 Å². The summed E-state index contributed by atoms with van der Waals surface area (Å²) in [6, 6.07) is 4.52. The third-order valence-electron chi connectivity index (χ3n) is 6.64. The molecule has 1 amide bonds. The number of carbonyl (C=O) groups excluding carboxylic acids is 1. The van der Waals surface area contributed by atoms with Crippen molar-refractivity contribution < 1.29 is 9.53 Å². The minimum Gasteiger partial charge on any atom is -0.492 e. The Hall–Kier alpha value is -1.55. The van der Waals surface area contributed by atoms with E-state index >= 15 is 0 Å². The number of hydrogen-bond acceptors (Lipinski definition) is 3. The van der Waals surface area contributed by atoms with E-state index in [0.29, 0.717) is 5.92 Å². The van der Waals surface area contributed by atoms with E-state index in [-0.39, 0.29) is 11.3 Å². The largest absolute Gasteiger partial charge is 0.492 e. The Morgan fingerprint density at radius 1 is 1.30 bits per heavy atom. The molecule has 5 rings (SSSR count). The van der Waals surface area contributed by atoms with Crippen molar-refractivity contribution in [2.24, 2.45) is 5.92 Å². The molecule has 1 aromatic carbocycles. The molecule has 2 bridgehead atoms. The van der Waals surface area contributed by atoms with Crippen molar-refractivity contribution in [1.82, 2.24) is 4.90 Å². The van der Waals surface area contributed by atoms with E-state index in [1.54, 1.807) is 6.92 Å². The van der Waals surface area contributed by atoms with Gasteiger partial charge in [-0.2, -0.15) is 0 Å². The highest BCUT2D eigenvalue weighted by Gasteiger charge is 2.51. The van der Waals surface area contributed by atoms with Gasteiger partial charge in [-0.1, -0.05) is 0 Å². The SMILES string of the molecule is CC(=O)N1CCc2cc3c(cc21)C1(CCN2CCCC1C2)CO3. The van der Waals surface area contributed by atoms with Crippen LogP contribution in [0.3, 0.4) is 0 Å². The van der Waals surface area contributed by atoms with Crippen molar-refractivity contribution >= 4 is 11.6 Å². The van der Waals surface area contributed by atoms with E-state index in [0.717, 1.165) is 31.0 Å². The van der Waals surface area contributed by atoms with Gasteiger partial charge in [0.25, 0.3) is 0 Å². The van der Waals surface area contributed by atoms with E-state index < -0.39 is 0 Å². The van der Waals surface area contributed by atoms with Crippen molar-refractivity contribution in [1.29, 1.82) is 0 Å². The maximum absolute atomic E-state index is 11.9. The molecule has 2 saturated heterocycles. The molecule has 4 heterocycles. The molecule has 4 aliphatic heterocycles. The minimum atomic E-state index is 0.157. The highest BCUT2D eigenvalue weighted by atomic mass is 16.5. The van der Waals surface area contributed by atoms with Crippen LogP contribution in [-0.2, 0) is 16.6 Å². The minimum absolute atomic E-state index is 0.157. The molecule has 0 aromatic heterocycles. The Kier molecular flexibility index (Phi) is 2.85. The Morgan fingerprint density at radius 2 is 2.22 bits per heavy atom. The van der Waals surface area contributed by atoms with Crippen LogP contribution in [0.5, 0.6) is 5.75 Å². The summed E-state index contributed by atoms with van der Waals surface area (Å²) < 4.78 is 6.18. The van der Waals surface area contributed by atoms with Crippen LogP contribution in [0.15, 0.2) is 12.1 Å². The smallest absolute Gasteiger partial charge is 0.223 e. The summed E-state index contributed by atoms with van der Waals surface area (Å²) >= 11 is 0. The Bertz CT molecular complexity index is 686. The van der Waals surface area contributed by atoms with Crippen LogP contribution >= 0.6 is 0 Å². The molecule has 3 unspecified atom stereocenters. The first-order valence-electron chi connectivity index (χ1n) is 8.98. The summed E-state index contributed by atoms with van der Waals surface area (Å²) in [5.74, 6) is 1.95. The third-order valence-corrected chi connectivity index (χ3v) is 6.64. The molecule has 4 heteroatoms. The molecule has 0 N–H and O–H groups in total. The van der Waals surface area contributed by atoms with Crippen molar-refractivity contribution in [2.45, 2.75) is 38.0 Å². The van der Waals surface area contributed by atoms with Gasteiger partial charge in [0.15, 0.2) is 0 Å². The highest BCUT2D eigenvalue weighted by Crippen LogP contribution is 2.53. The lowest BCUT2D eigenvalue weighted by atomic mass is 9.64. The number of rotatable bonds is 0. The summed E-state index contributed by atoms with van der Waals surface area (Å²) in [4.78, 5) is 16.5. The maximum Gasteiger partial charge on any atom is 0.223 e. The lowest BCUT2D eigenvalue weighted by Gasteiger charge is -2.48. The number of piperidine rings is 2. The zero-order valence-electron chi connectivity index (χ0n) is 13.8. The fraction of sp³-hybridized carbons (Fsp3) is 0.632. The molecule has 122 valence electrons. The molecule has 3 atom stereocenters. The quantitative estimate of drug-likeness (QED) is 0.737. The van der Waals surface area contributed by atoms with Crippen LogP contribution in [0.1, 0.15) is 37.3 Å². The second-order valence-corrected chi connectivity index (χ2v) is 7.73. The number of carbonyl (C=O) groups is 1. The molecular weight excluding hydrogens is 288 g/mol. The third kappa shape index (κ3) is 1.84. The number of ether oxygens (including phenoxy) is 1. The van der Waals surface area contributed by atoms with Crippen LogP contribution in [0.25, 0.3) is 0 Å². The number of anilines is 1. The highest BCUT2D eigenvalue weighted by molar-refractivity contribution is 5.94. The van der Waals surface area contributed by atoms with Crippen LogP contribution < -0.4 is 9.64 Å². The fourth-order valence-corrected chi connectivity index (χ4v) is 5.35. The summed E-state index contributed by atoms with van der Waals surface area (Å²) in [7, 11) is 0. The van der Waals surface area contributed by atoms with Gasteiger partial charge < -0.3 is 14.5 Å². The Morgan fingerprint density at radius 3 is 3.09 bits per heavy atom. The number of hydrogen-bond donors (Lipinski definition) is 0. The molecule has 0 saturated carbocycles. The van der Waals surface area contributed by atoms with Gasteiger partial charge >= 0.3 is 0 Å². The molecule has 0 radical (unpaired) electrons. The molecule has 23 heavy (non-hydrogen) atoms. The average Bonchev–Trinajstić information content (AvgIpc) is 3.12. The van der Waals surface area contributed by atoms with Crippen molar-refractivity contribution in [3.8, 4) is 5.75 Å². The first-order valence-corrected chi connectivity index (χ1v) is 8.98. The van der Waals surface area contributed by atoms with Crippen molar-refractivity contribution in [3.05, 3.63) is 23.3 Å². The van der Waals surface area contributed by atoms with Gasteiger partial charge in [0.1, 0.15) is 5.75 Å². The molecular formula is C19H24N2O2. The van der Waals surface area contributed by atoms with E-state index in [1.807, 2.05) is 4.90 Å². The Balaban J connectivity index is 1.60. The van der Waals surface area contributed by atoms with E-state index in [4.69, 9.17) is 4.74 Å². The molecule has 4 aliphatic rings. The topological polar surface area (TPSA) is 32.8 Å². The van der Waals surface area contributed by atoms with Gasteiger partial charge in [-0.3, -0.25) is 4.79 Å². The Labute approximate surface area is 137 Å². The lowest BCUT2D eigenvalue weighted by molar-refractivity contribution is -0.116. The second kappa shape index (κ2) is 4.73. The van der Waals surface area contributed by atoms with Crippen LogP contribution in [0.2, 0.25) is 0 Å². The number of nitrogens with zero attached hydrogens (tertiary/aromatic N) is 2. The monoisotopic (exact) mass is 312 g/mol. The summed E-state index contributed by atoms with van der Waals surface area (Å²) in [6.45, 7) is 7.00. The maximum atomic E-state index is 11.9. The number of amides is 1. The van der Waals surface area contributed by atoms with Crippen molar-refractivity contribution in [3.63, 3.8) is 0 Å². The normalized spacial score (nSPS) is 34.2.